The molecule has 94 valence electrons. The van der Waals surface area contributed by atoms with Crippen LogP contribution in [0.4, 0.5) is 0 Å². The molecule has 0 bridgehead atoms. The fourth-order valence-electron chi connectivity index (χ4n) is 2.92. The first-order chi connectivity index (χ1) is 7.88. The van der Waals surface area contributed by atoms with Crippen LogP contribution >= 0.6 is 0 Å². The quantitative estimate of drug-likeness (QED) is 0.786. The predicted octanol–water partition coefficient (Wildman–Crippen LogP) is 1.49. The molecule has 2 heterocycles. The van der Waals surface area contributed by atoms with Gasteiger partial charge in [-0.1, -0.05) is 0 Å². The topological polar surface area (TPSA) is 24.5 Å². The van der Waals surface area contributed by atoms with E-state index >= 15 is 0 Å². The molecule has 0 aromatic heterocycles. The Labute approximate surface area is 99.5 Å². The summed E-state index contributed by atoms with van der Waals surface area (Å²) < 4.78 is 5.68. The van der Waals surface area contributed by atoms with Crippen LogP contribution in [0.3, 0.4) is 0 Å². The summed E-state index contributed by atoms with van der Waals surface area (Å²) in [6.07, 6.45) is 5.74. The van der Waals surface area contributed by atoms with Gasteiger partial charge >= 0.3 is 0 Å². The van der Waals surface area contributed by atoms with E-state index in [-0.39, 0.29) is 0 Å². The smallest absolute Gasteiger partial charge is 0.0599 e. The van der Waals surface area contributed by atoms with Crippen molar-refractivity contribution in [2.24, 2.45) is 5.92 Å². The Morgan fingerprint density at radius 2 is 1.81 bits per heavy atom. The highest BCUT2D eigenvalue weighted by Crippen LogP contribution is 2.18. The number of hydrogen-bond acceptors (Lipinski definition) is 3. The molecule has 2 rings (SSSR count). The van der Waals surface area contributed by atoms with Crippen molar-refractivity contribution in [2.45, 2.75) is 38.7 Å². The monoisotopic (exact) mass is 226 g/mol. The van der Waals surface area contributed by atoms with Crippen LogP contribution in [0.1, 0.15) is 32.6 Å². The van der Waals surface area contributed by atoms with Crippen LogP contribution in [-0.4, -0.2) is 50.3 Å². The average Bonchev–Trinajstić information content (AvgIpc) is 2.33. The molecular weight excluding hydrogens is 200 g/mol. The maximum Gasteiger partial charge on any atom is 0.0599 e. The molecule has 16 heavy (non-hydrogen) atoms. The third kappa shape index (κ3) is 3.72. The number of rotatable bonds is 4. The highest BCUT2D eigenvalue weighted by atomic mass is 16.5. The molecular formula is C13H26N2O. The minimum absolute atomic E-state index is 0.536. The minimum Gasteiger partial charge on any atom is -0.378 e. The van der Waals surface area contributed by atoms with E-state index in [0.717, 1.165) is 12.5 Å². The van der Waals surface area contributed by atoms with Gasteiger partial charge in [0.1, 0.15) is 0 Å². The summed E-state index contributed by atoms with van der Waals surface area (Å²) >= 11 is 0. The van der Waals surface area contributed by atoms with E-state index in [1.165, 1.54) is 58.4 Å². The lowest BCUT2D eigenvalue weighted by molar-refractivity contribution is 0.0101. The van der Waals surface area contributed by atoms with E-state index in [4.69, 9.17) is 4.74 Å². The van der Waals surface area contributed by atoms with E-state index in [2.05, 4.69) is 17.1 Å². The first kappa shape index (κ1) is 12.3. The molecule has 3 heteroatoms. The van der Waals surface area contributed by atoms with Crippen molar-refractivity contribution in [2.75, 3.05) is 39.3 Å². The highest BCUT2D eigenvalue weighted by molar-refractivity contribution is 4.77. The Morgan fingerprint density at radius 3 is 2.44 bits per heavy atom. The number of hydrogen-bond donors (Lipinski definition) is 1. The fourth-order valence-corrected chi connectivity index (χ4v) is 2.92. The minimum atomic E-state index is 0.536. The lowest BCUT2D eigenvalue weighted by Gasteiger charge is -2.35. The lowest BCUT2D eigenvalue weighted by Crippen LogP contribution is -2.41. The lowest BCUT2D eigenvalue weighted by atomic mass is 9.96. The Balaban J connectivity index is 1.64. The number of likely N-dealkylation sites (tertiary alicyclic amines) is 1. The second-order valence-electron chi connectivity index (χ2n) is 5.15. The van der Waals surface area contributed by atoms with Crippen molar-refractivity contribution in [3.05, 3.63) is 0 Å². The van der Waals surface area contributed by atoms with Crippen molar-refractivity contribution in [3.8, 4) is 0 Å². The summed E-state index contributed by atoms with van der Waals surface area (Å²) in [4.78, 5) is 2.64. The molecule has 0 saturated carbocycles. The Kier molecular flexibility index (Phi) is 5.07. The van der Waals surface area contributed by atoms with Gasteiger partial charge in [0.05, 0.1) is 6.10 Å². The van der Waals surface area contributed by atoms with Crippen molar-refractivity contribution < 1.29 is 4.74 Å². The molecule has 2 aliphatic heterocycles. The number of nitrogens with zero attached hydrogens (tertiary/aromatic N) is 1. The Bertz CT molecular complexity index is 184. The van der Waals surface area contributed by atoms with Crippen LogP contribution < -0.4 is 5.32 Å². The fraction of sp³-hybridized carbons (Fsp3) is 1.00. The third-order valence-corrected chi connectivity index (χ3v) is 3.91. The molecule has 0 unspecified atom stereocenters. The van der Waals surface area contributed by atoms with Crippen LogP contribution in [0.5, 0.6) is 0 Å². The number of ether oxygens (including phenoxy) is 1. The van der Waals surface area contributed by atoms with Gasteiger partial charge in [0.25, 0.3) is 0 Å². The van der Waals surface area contributed by atoms with Crippen LogP contribution in [0.2, 0.25) is 0 Å². The summed E-state index contributed by atoms with van der Waals surface area (Å²) in [5.41, 5.74) is 0. The zero-order valence-electron chi connectivity index (χ0n) is 10.6. The van der Waals surface area contributed by atoms with Gasteiger partial charge in [-0.3, -0.25) is 0 Å². The molecule has 0 radical (unpaired) electrons. The van der Waals surface area contributed by atoms with Crippen LogP contribution in [0.25, 0.3) is 0 Å². The van der Waals surface area contributed by atoms with Crippen molar-refractivity contribution in [1.29, 1.82) is 0 Å². The zero-order chi connectivity index (χ0) is 11.2. The Morgan fingerprint density at radius 1 is 1.12 bits per heavy atom. The van der Waals surface area contributed by atoms with Crippen molar-refractivity contribution >= 4 is 0 Å². The summed E-state index contributed by atoms with van der Waals surface area (Å²) in [7, 11) is 0. The summed E-state index contributed by atoms with van der Waals surface area (Å²) in [5, 5.41) is 3.44. The van der Waals surface area contributed by atoms with Gasteiger partial charge in [-0.05, 0) is 51.6 Å². The maximum absolute atomic E-state index is 5.68. The van der Waals surface area contributed by atoms with E-state index < -0.39 is 0 Å². The van der Waals surface area contributed by atoms with Gasteiger partial charge in [0.2, 0.25) is 0 Å². The second kappa shape index (κ2) is 6.58. The van der Waals surface area contributed by atoms with Gasteiger partial charge in [0.15, 0.2) is 0 Å². The van der Waals surface area contributed by atoms with Crippen LogP contribution in [-0.2, 0) is 4.74 Å². The van der Waals surface area contributed by atoms with Crippen molar-refractivity contribution in [3.63, 3.8) is 0 Å². The van der Waals surface area contributed by atoms with Crippen LogP contribution in [0, 0.1) is 5.92 Å². The van der Waals surface area contributed by atoms with Gasteiger partial charge in [-0.15, -0.1) is 0 Å². The van der Waals surface area contributed by atoms with Gasteiger partial charge in [0, 0.05) is 26.2 Å². The summed E-state index contributed by atoms with van der Waals surface area (Å²) in [5.74, 6) is 0.935. The first-order valence-electron chi connectivity index (χ1n) is 6.93. The molecule has 0 amide bonds. The number of nitrogens with one attached hydrogen (secondary N) is 1. The molecule has 2 saturated heterocycles. The molecule has 0 aliphatic carbocycles. The summed E-state index contributed by atoms with van der Waals surface area (Å²) in [6.45, 7) is 9.23. The largest absolute Gasteiger partial charge is 0.378 e. The molecule has 0 spiro atoms. The summed E-state index contributed by atoms with van der Waals surface area (Å²) in [6, 6.07) is 0. The molecule has 1 N–H and O–H groups in total. The molecule has 0 aromatic carbocycles. The van der Waals surface area contributed by atoms with Crippen LogP contribution in [0.15, 0.2) is 0 Å². The normalized spacial score (nSPS) is 26.1. The SMILES string of the molecule is CCOC1CCN(CC2CCNCC2)CC1. The maximum atomic E-state index is 5.68. The standard InChI is InChI=1S/C13H26N2O/c1-2-16-13-5-9-15(10-6-13)11-12-3-7-14-8-4-12/h12-14H,2-11H2,1H3. The van der Waals surface area contributed by atoms with E-state index in [1.807, 2.05) is 0 Å². The molecule has 0 atom stereocenters. The van der Waals surface area contributed by atoms with Gasteiger partial charge in [-0.25, -0.2) is 0 Å². The highest BCUT2D eigenvalue weighted by Gasteiger charge is 2.22. The average molecular weight is 226 g/mol. The van der Waals surface area contributed by atoms with E-state index in [1.54, 1.807) is 0 Å². The zero-order valence-corrected chi connectivity index (χ0v) is 10.6. The first-order valence-corrected chi connectivity index (χ1v) is 6.93. The van der Waals surface area contributed by atoms with E-state index in [9.17, 15) is 0 Å². The third-order valence-electron chi connectivity index (χ3n) is 3.91. The van der Waals surface area contributed by atoms with Gasteiger partial charge < -0.3 is 15.0 Å². The van der Waals surface area contributed by atoms with Crippen molar-refractivity contribution in [1.82, 2.24) is 10.2 Å². The molecule has 2 aliphatic rings. The van der Waals surface area contributed by atoms with Gasteiger partial charge in [-0.2, -0.15) is 0 Å². The Hall–Kier alpha value is -0.120. The predicted molar refractivity (Wildman–Crippen MR) is 66.7 cm³/mol. The molecule has 3 nitrogen and oxygen atoms in total. The molecule has 0 aromatic rings. The number of piperidine rings is 2. The van der Waals surface area contributed by atoms with E-state index in [0.29, 0.717) is 6.10 Å². The second-order valence-corrected chi connectivity index (χ2v) is 5.15. The molecule has 2 fully saturated rings.